The Hall–Kier alpha value is -1.88. The molecule has 94 valence electrons. The Morgan fingerprint density at radius 3 is 2.67 bits per heavy atom. The number of ether oxygens (including phenoxy) is 1. The summed E-state index contributed by atoms with van der Waals surface area (Å²) in [5.74, 6) is 0.333. The van der Waals surface area contributed by atoms with E-state index in [-0.39, 0.29) is 5.76 Å². The minimum Gasteiger partial charge on any atom is -0.497 e. The van der Waals surface area contributed by atoms with Crippen molar-refractivity contribution in [1.29, 1.82) is 0 Å². The smallest absolute Gasteiger partial charge is 0.372 e. The number of furan rings is 1. The minimum absolute atomic E-state index is 0.0102. The van der Waals surface area contributed by atoms with Crippen LogP contribution in [0, 0.1) is 0 Å². The van der Waals surface area contributed by atoms with Crippen LogP contribution >= 0.6 is 11.8 Å². The van der Waals surface area contributed by atoms with E-state index >= 15 is 0 Å². The van der Waals surface area contributed by atoms with Crippen molar-refractivity contribution in [3.63, 3.8) is 0 Å². The van der Waals surface area contributed by atoms with E-state index < -0.39 is 5.97 Å². The molecule has 1 N–H and O–H groups in total. The molecule has 2 aromatic rings. The molecule has 0 aliphatic carbocycles. The summed E-state index contributed by atoms with van der Waals surface area (Å²) in [7, 11) is 1.62. The fourth-order valence-electron chi connectivity index (χ4n) is 1.47. The third-order valence-electron chi connectivity index (χ3n) is 2.39. The Bertz CT molecular complexity index is 530. The van der Waals surface area contributed by atoms with Crippen molar-refractivity contribution in [2.24, 2.45) is 0 Å². The maximum absolute atomic E-state index is 10.9. The molecule has 0 fully saturated rings. The number of thioether (sulfide) groups is 1. The molecule has 0 atom stereocenters. The summed E-state index contributed by atoms with van der Waals surface area (Å²) in [5, 5.41) is 8.90. The van der Waals surface area contributed by atoms with Gasteiger partial charge in [0.2, 0.25) is 5.76 Å². The van der Waals surface area contributed by atoms with E-state index in [1.54, 1.807) is 24.9 Å². The lowest BCUT2D eigenvalue weighted by Crippen LogP contribution is -1.97. The molecule has 0 radical (unpaired) electrons. The predicted molar refractivity (Wildman–Crippen MR) is 68.2 cm³/mol. The third kappa shape index (κ3) is 2.87. The number of methoxy groups -OCH3 is 1. The van der Waals surface area contributed by atoms with Crippen molar-refractivity contribution in [2.75, 3.05) is 7.11 Å². The molecule has 1 aromatic heterocycles. The second-order valence-corrected chi connectivity index (χ2v) is 4.59. The highest BCUT2D eigenvalue weighted by Crippen LogP contribution is 2.26. The molecular formula is C13H12O4S. The highest BCUT2D eigenvalue weighted by Gasteiger charge is 2.13. The normalized spacial score (nSPS) is 10.3. The van der Waals surface area contributed by atoms with Crippen molar-refractivity contribution in [3.8, 4) is 5.75 Å². The molecule has 0 amide bonds. The van der Waals surface area contributed by atoms with Gasteiger partial charge in [-0.25, -0.2) is 4.79 Å². The van der Waals surface area contributed by atoms with Gasteiger partial charge in [0.15, 0.2) is 0 Å². The molecule has 0 bridgehead atoms. The monoisotopic (exact) mass is 264 g/mol. The fraction of sp³-hybridized carbons (Fsp3) is 0.154. The van der Waals surface area contributed by atoms with Crippen LogP contribution in [0.25, 0.3) is 0 Å². The highest BCUT2D eigenvalue weighted by atomic mass is 32.2. The number of aromatic carboxylic acids is 1. The summed E-state index contributed by atoms with van der Waals surface area (Å²) < 4.78 is 9.99. The number of benzene rings is 1. The molecule has 0 saturated carbocycles. The van der Waals surface area contributed by atoms with Crippen LogP contribution in [0.5, 0.6) is 5.75 Å². The molecule has 0 aliphatic heterocycles. The number of hydrogen-bond acceptors (Lipinski definition) is 4. The van der Waals surface area contributed by atoms with Crippen molar-refractivity contribution in [1.82, 2.24) is 0 Å². The van der Waals surface area contributed by atoms with Crippen LogP contribution in [0.4, 0.5) is 0 Å². The Kier molecular flexibility index (Phi) is 3.94. The third-order valence-corrected chi connectivity index (χ3v) is 3.46. The Morgan fingerprint density at radius 2 is 2.06 bits per heavy atom. The summed E-state index contributed by atoms with van der Waals surface area (Å²) in [6.07, 6.45) is 1.40. The van der Waals surface area contributed by atoms with E-state index in [1.807, 2.05) is 24.3 Å². The second kappa shape index (κ2) is 5.64. The van der Waals surface area contributed by atoms with Crippen LogP contribution in [0.3, 0.4) is 0 Å². The average Bonchev–Trinajstić information content (AvgIpc) is 2.85. The molecule has 0 saturated heterocycles. The largest absolute Gasteiger partial charge is 0.497 e. The first kappa shape index (κ1) is 12.6. The van der Waals surface area contributed by atoms with Gasteiger partial charge in [-0.3, -0.25) is 0 Å². The van der Waals surface area contributed by atoms with Gasteiger partial charge in [-0.1, -0.05) is 0 Å². The van der Waals surface area contributed by atoms with Gasteiger partial charge in [0.25, 0.3) is 0 Å². The van der Waals surface area contributed by atoms with Gasteiger partial charge in [-0.2, -0.15) is 0 Å². The van der Waals surface area contributed by atoms with E-state index in [1.165, 1.54) is 6.26 Å². The Balaban J connectivity index is 2.02. The Morgan fingerprint density at radius 1 is 1.33 bits per heavy atom. The summed E-state index contributed by atoms with van der Waals surface area (Å²) in [5.41, 5.74) is 0.684. The minimum atomic E-state index is -1.04. The van der Waals surface area contributed by atoms with Crippen LogP contribution in [0.2, 0.25) is 0 Å². The van der Waals surface area contributed by atoms with Crippen LogP contribution < -0.4 is 4.74 Å². The van der Waals surface area contributed by atoms with Gasteiger partial charge >= 0.3 is 5.97 Å². The van der Waals surface area contributed by atoms with Crippen LogP contribution in [-0.2, 0) is 5.75 Å². The van der Waals surface area contributed by atoms with Crippen molar-refractivity contribution in [3.05, 3.63) is 47.9 Å². The predicted octanol–water partition coefficient (Wildman–Crippen LogP) is 3.28. The second-order valence-electron chi connectivity index (χ2n) is 3.54. The molecule has 4 nitrogen and oxygen atoms in total. The molecule has 0 aliphatic rings. The van der Waals surface area contributed by atoms with Crippen LogP contribution in [-0.4, -0.2) is 18.2 Å². The Labute approximate surface area is 109 Å². The fourth-order valence-corrected chi connectivity index (χ4v) is 2.35. The van der Waals surface area contributed by atoms with Gasteiger partial charge in [0.05, 0.1) is 13.4 Å². The van der Waals surface area contributed by atoms with Gasteiger partial charge < -0.3 is 14.3 Å². The number of carbonyl (C=O) groups is 1. The lowest BCUT2D eigenvalue weighted by atomic mass is 10.3. The first-order valence-electron chi connectivity index (χ1n) is 5.27. The molecule has 18 heavy (non-hydrogen) atoms. The number of rotatable bonds is 5. The van der Waals surface area contributed by atoms with Crippen LogP contribution in [0.15, 0.2) is 45.9 Å². The maximum atomic E-state index is 10.9. The standard InChI is InChI=1S/C13H12O4S/c1-16-10-2-4-11(5-3-10)18-8-9-6-7-17-12(9)13(14)15/h2-7H,8H2,1H3,(H,14,15). The van der Waals surface area contributed by atoms with Crippen LogP contribution in [0.1, 0.15) is 16.1 Å². The first-order chi connectivity index (χ1) is 8.70. The van der Waals surface area contributed by atoms with Crippen molar-refractivity contribution >= 4 is 17.7 Å². The van der Waals surface area contributed by atoms with E-state index in [0.29, 0.717) is 11.3 Å². The lowest BCUT2D eigenvalue weighted by molar-refractivity contribution is 0.0661. The van der Waals surface area contributed by atoms with Gasteiger partial charge in [0, 0.05) is 16.2 Å². The first-order valence-corrected chi connectivity index (χ1v) is 6.26. The van der Waals surface area contributed by atoms with E-state index in [2.05, 4.69) is 0 Å². The molecule has 2 rings (SSSR count). The molecule has 1 aromatic carbocycles. The van der Waals surface area contributed by atoms with E-state index in [4.69, 9.17) is 14.3 Å². The molecule has 0 unspecified atom stereocenters. The average molecular weight is 264 g/mol. The SMILES string of the molecule is COc1ccc(SCc2ccoc2C(=O)O)cc1. The topological polar surface area (TPSA) is 59.7 Å². The zero-order valence-electron chi connectivity index (χ0n) is 9.75. The molecule has 1 heterocycles. The van der Waals surface area contributed by atoms with Gasteiger partial charge in [0.1, 0.15) is 5.75 Å². The zero-order chi connectivity index (χ0) is 13.0. The van der Waals surface area contributed by atoms with Gasteiger partial charge in [-0.15, -0.1) is 11.8 Å². The van der Waals surface area contributed by atoms with Crippen molar-refractivity contribution in [2.45, 2.75) is 10.6 Å². The highest BCUT2D eigenvalue weighted by molar-refractivity contribution is 7.98. The summed E-state index contributed by atoms with van der Waals surface area (Å²) in [6.45, 7) is 0. The maximum Gasteiger partial charge on any atom is 0.372 e. The zero-order valence-corrected chi connectivity index (χ0v) is 10.6. The number of carboxylic acids is 1. The number of carboxylic acid groups (broad SMARTS) is 1. The molecule has 5 heteroatoms. The van der Waals surface area contributed by atoms with E-state index in [9.17, 15) is 4.79 Å². The lowest BCUT2D eigenvalue weighted by Gasteiger charge is -2.03. The summed E-state index contributed by atoms with van der Waals surface area (Å²) in [4.78, 5) is 11.9. The molecular weight excluding hydrogens is 252 g/mol. The quantitative estimate of drug-likeness (QED) is 0.840. The number of hydrogen-bond donors (Lipinski definition) is 1. The molecule has 0 spiro atoms. The van der Waals surface area contributed by atoms with E-state index in [0.717, 1.165) is 10.6 Å². The van der Waals surface area contributed by atoms with Crippen molar-refractivity contribution < 1.29 is 19.1 Å². The summed E-state index contributed by atoms with van der Waals surface area (Å²) in [6, 6.07) is 9.29. The van der Waals surface area contributed by atoms with Gasteiger partial charge in [-0.05, 0) is 30.3 Å². The summed E-state index contributed by atoms with van der Waals surface area (Å²) >= 11 is 1.55.